The van der Waals surface area contributed by atoms with E-state index in [0.29, 0.717) is 6.42 Å². The highest BCUT2D eigenvalue weighted by molar-refractivity contribution is 7.89. The fraction of sp³-hybridized carbons (Fsp3) is 0.556. The molecular formula is C9H13N3O5S. The first-order valence-electron chi connectivity index (χ1n) is 5.23. The molecule has 2 heterocycles. The molecule has 100 valence electrons. The number of carbonyl (C=O) groups is 1. The molecule has 1 aliphatic rings. The van der Waals surface area contributed by atoms with Crippen molar-refractivity contribution in [2.45, 2.75) is 24.0 Å². The molecule has 0 saturated carbocycles. The second kappa shape index (κ2) is 4.04. The zero-order chi connectivity index (χ0) is 13.6. The number of hydrogen-bond acceptors (Lipinski definition) is 5. The van der Waals surface area contributed by atoms with Gasteiger partial charge < -0.3 is 10.2 Å². The number of aliphatic hydroxyl groups is 1. The number of β-amino-alcohol motifs (C(OH)–C–C–N with tert-alkyl or cyclic N) is 1. The van der Waals surface area contributed by atoms with Gasteiger partial charge in [-0.3, -0.25) is 5.10 Å². The summed E-state index contributed by atoms with van der Waals surface area (Å²) in [5.74, 6) is -1.37. The molecule has 0 radical (unpaired) electrons. The Morgan fingerprint density at radius 3 is 2.78 bits per heavy atom. The second-order valence-corrected chi connectivity index (χ2v) is 6.38. The number of H-pyrrole nitrogens is 1. The van der Waals surface area contributed by atoms with Crippen molar-refractivity contribution < 1.29 is 23.4 Å². The number of aromatic carboxylic acids is 1. The van der Waals surface area contributed by atoms with Crippen molar-refractivity contribution in [2.75, 3.05) is 13.1 Å². The Morgan fingerprint density at radius 1 is 1.61 bits per heavy atom. The van der Waals surface area contributed by atoms with Gasteiger partial charge in [0.1, 0.15) is 5.56 Å². The third kappa shape index (κ3) is 2.11. The zero-order valence-corrected chi connectivity index (χ0v) is 10.4. The molecule has 0 spiro atoms. The van der Waals surface area contributed by atoms with Gasteiger partial charge in [-0.25, -0.2) is 13.2 Å². The molecule has 1 aromatic heterocycles. The lowest BCUT2D eigenvalue weighted by Crippen LogP contribution is -2.34. The Balaban J connectivity index is 2.38. The lowest BCUT2D eigenvalue weighted by molar-refractivity contribution is 0.0692. The van der Waals surface area contributed by atoms with Gasteiger partial charge in [-0.2, -0.15) is 9.40 Å². The van der Waals surface area contributed by atoms with E-state index in [1.54, 1.807) is 0 Å². The number of nitrogens with one attached hydrogen (secondary N) is 1. The van der Waals surface area contributed by atoms with Crippen LogP contribution in [0.2, 0.25) is 0 Å². The SMILES string of the molecule is CC1(O)CCN(S(=O)(=O)c2[nH]ncc2C(=O)O)C1. The number of hydrogen-bond donors (Lipinski definition) is 3. The van der Waals surface area contributed by atoms with E-state index >= 15 is 0 Å². The maximum atomic E-state index is 12.2. The fourth-order valence-electron chi connectivity index (χ4n) is 1.86. The minimum atomic E-state index is -3.97. The van der Waals surface area contributed by atoms with Crippen LogP contribution in [0.15, 0.2) is 11.2 Å². The third-order valence-corrected chi connectivity index (χ3v) is 4.67. The summed E-state index contributed by atoms with van der Waals surface area (Å²) in [7, 11) is -3.97. The van der Waals surface area contributed by atoms with Crippen LogP contribution in [0.1, 0.15) is 23.7 Å². The van der Waals surface area contributed by atoms with Gasteiger partial charge in [0.05, 0.1) is 11.8 Å². The van der Waals surface area contributed by atoms with Crippen LogP contribution in [0, 0.1) is 0 Å². The number of sulfonamides is 1. The number of nitrogens with zero attached hydrogens (tertiary/aromatic N) is 2. The number of aromatic amines is 1. The van der Waals surface area contributed by atoms with E-state index in [1.807, 2.05) is 0 Å². The maximum Gasteiger partial charge on any atom is 0.340 e. The van der Waals surface area contributed by atoms with Gasteiger partial charge in [0.2, 0.25) is 0 Å². The van der Waals surface area contributed by atoms with Gasteiger partial charge in [-0.1, -0.05) is 0 Å². The van der Waals surface area contributed by atoms with Crippen molar-refractivity contribution in [2.24, 2.45) is 0 Å². The molecule has 3 N–H and O–H groups in total. The van der Waals surface area contributed by atoms with E-state index in [1.165, 1.54) is 6.92 Å². The minimum absolute atomic E-state index is 0.0621. The lowest BCUT2D eigenvalue weighted by Gasteiger charge is -2.18. The van der Waals surface area contributed by atoms with Crippen LogP contribution < -0.4 is 0 Å². The van der Waals surface area contributed by atoms with Gasteiger partial charge in [-0.15, -0.1) is 0 Å². The molecule has 0 aliphatic carbocycles. The van der Waals surface area contributed by atoms with Crippen molar-refractivity contribution in [1.82, 2.24) is 14.5 Å². The monoisotopic (exact) mass is 275 g/mol. The van der Waals surface area contributed by atoms with Crippen LogP contribution in [0.4, 0.5) is 0 Å². The van der Waals surface area contributed by atoms with Gasteiger partial charge in [-0.05, 0) is 13.3 Å². The summed E-state index contributed by atoms with van der Waals surface area (Å²) < 4.78 is 25.4. The molecule has 9 heteroatoms. The first-order valence-corrected chi connectivity index (χ1v) is 6.67. The van der Waals surface area contributed by atoms with Gasteiger partial charge in [0, 0.05) is 13.1 Å². The van der Waals surface area contributed by atoms with Crippen LogP contribution in [-0.4, -0.2) is 57.8 Å². The summed E-state index contributed by atoms with van der Waals surface area (Å²) in [6.45, 7) is 1.62. The van der Waals surface area contributed by atoms with Crippen LogP contribution in [0.25, 0.3) is 0 Å². The number of carboxylic acid groups (broad SMARTS) is 1. The van der Waals surface area contributed by atoms with Gasteiger partial charge in [0.15, 0.2) is 5.03 Å². The van der Waals surface area contributed by atoms with Gasteiger partial charge in [0.25, 0.3) is 10.0 Å². The fourth-order valence-corrected chi connectivity index (χ4v) is 3.49. The van der Waals surface area contributed by atoms with Gasteiger partial charge >= 0.3 is 5.97 Å². The second-order valence-electron chi connectivity index (χ2n) is 4.50. The Morgan fingerprint density at radius 2 is 2.28 bits per heavy atom. The molecule has 1 unspecified atom stereocenters. The van der Waals surface area contributed by atoms with Crippen molar-refractivity contribution >= 4 is 16.0 Å². The average Bonchev–Trinajstić information content (AvgIpc) is 2.83. The third-order valence-electron chi connectivity index (χ3n) is 2.85. The number of aromatic nitrogens is 2. The van der Waals surface area contributed by atoms with Crippen LogP contribution in [0.5, 0.6) is 0 Å². The highest BCUT2D eigenvalue weighted by Gasteiger charge is 2.40. The zero-order valence-electron chi connectivity index (χ0n) is 9.62. The molecule has 1 fully saturated rings. The standard InChI is InChI=1S/C9H13N3O5S/c1-9(15)2-3-12(5-9)18(16,17)7-6(8(13)14)4-10-11-7/h4,15H,2-3,5H2,1H3,(H,10,11)(H,13,14). The largest absolute Gasteiger partial charge is 0.478 e. The summed E-state index contributed by atoms with van der Waals surface area (Å²) >= 11 is 0. The van der Waals surface area contributed by atoms with E-state index in [9.17, 15) is 18.3 Å². The summed E-state index contributed by atoms with van der Waals surface area (Å²) in [4.78, 5) is 10.9. The molecule has 1 atom stereocenters. The molecule has 0 aromatic carbocycles. The number of rotatable bonds is 3. The van der Waals surface area contributed by atoms with E-state index in [2.05, 4.69) is 10.2 Å². The average molecular weight is 275 g/mol. The topological polar surface area (TPSA) is 124 Å². The Labute approximate surface area is 103 Å². The number of carboxylic acids is 1. The first kappa shape index (κ1) is 13.0. The molecule has 0 amide bonds. The smallest absolute Gasteiger partial charge is 0.340 e. The highest BCUT2D eigenvalue weighted by Crippen LogP contribution is 2.27. The van der Waals surface area contributed by atoms with Crippen molar-refractivity contribution in [3.05, 3.63) is 11.8 Å². The Kier molecular flexibility index (Phi) is 2.92. The van der Waals surface area contributed by atoms with E-state index in [4.69, 9.17) is 5.11 Å². The van der Waals surface area contributed by atoms with Crippen molar-refractivity contribution in [3.63, 3.8) is 0 Å². The maximum absolute atomic E-state index is 12.2. The summed E-state index contributed by atoms with van der Waals surface area (Å²) in [5, 5.41) is 23.8. The van der Waals surface area contributed by atoms with E-state index < -0.39 is 32.2 Å². The van der Waals surface area contributed by atoms with Crippen LogP contribution in [-0.2, 0) is 10.0 Å². The van der Waals surface area contributed by atoms with Crippen LogP contribution in [0.3, 0.4) is 0 Å². The lowest BCUT2D eigenvalue weighted by atomic mass is 10.1. The molecule has 8 nitrogen and oxygen atoms in total. The highest BCUT2D eigenvalue weighted by atomic mass is 32.2. The van der Waals surface area contributed by atoms with E-state index in [0.717, 1.165) is 10.5 Å². The normalized spacial score (nSPS) is 25.4. The molecule has 2 rings (SSSR count). The summed E-state index contributed by atoms with van der Waals surface area (Å²) in [6, 6.07) is 0. The summed E-state index contributed by atoms with van der Waals surface area (Å²) in [5.41, 5.74) is -1.49. The molecule has 0 bridgehead atoms. The Bertz CT molecular complexity index is 577. The predicted octanol–water partition coefficient (Wildman–Crippen LogP) is -0.747. The molecule has 18 heavy (non-hydrogen) atoms. The Hall–Kier alpha value is -1.45. The minimum Gasteiger partial charge on any atom is -0.478 e. The molecule has 1 aromatic rings. The summed E-state index contributed by atoms with van der Waals surface area (Å²) in [6.07, 6.45) is 1.26. The van der Waals surface area contributed by atoms with E-state index in [-0.39, 0.29) is 13.1 Å². The van der Waals surface area contributed by atoms with Crippen LogP contribution >= 0.6 is 0 Å². The van der Waals surface area contributed by atoms with Crippen molar-refractivity contribution in [1.29, 1.82) is 0 Å². The molecule has 1 saturated heterocycles. The van der Waals surface area contributed by atoms with Crippen molar-refractivity contribution in [3.8, 4) is 0 Å². The first-order chi connectivity index (χ1) is 8.24. The predicted molar refractivity (Wildman–Crippen MR) is 59.5 cm³/mol. The quantitative estimate of drug-likeness (QED) is 0.667. The molecule has 1 aliphatic heterocycles. The molecular weight excluding hydrogens is 262 g/mol.